The average molecular weight is 144 g/mol. The van der Waals surface area contributed by atoms with Crippen molar-refractivity contribution in [2.75, 3.05) is 6.61 Å². The molecule has 1 rings (SSSR count). The molecule has 58 valence electrons. The van der Waals surface area contributed by atoms with Crippen LogP contribution in [0.2, 0.25) is 0 Å². The summed E-state index contributed by atoms with van der Waals surface area (Å²) in [7, 11) is 0. The van der Waals surface area contributed by atoms with Crippen LogP contribution in [0, 0.1) is 5.41 Å². The van der Waals surface area contributed by atoms with E-state index in [1.807, 2.05) is 0 Å². The minimum Gasteiger partial charge on any atom is -0.463 e. The third-order valence-electron chi connectivity index (χ3n) is 2.28. The Kier molecular flexibility index (Phi) is 1.30. The third-order valence-corrected chi connectivity index (χ3v) is 2.28. The van der Waals surface area contributed by atoms with Gasteiger partial charge in [-0.1, -0.05) is 13.8 Å². The fourth-order valence-corrected chi connectivity index (χ4v) is 0.803. The van der Waals surface area contributed by atoms with Crippen LogP contribution < -0.4 is 0 Å². The highest BCUT2D eigenvalue weighted by atomic mass is 16.6. The van der Waals surface area contributed by atoms with Crippen molar-refractivity contribution in [2.45, 2.75) is 26.4 Å². The third kappa shape index (κ3) is 0.736. The summed E-state index contributed by atoms with van der Waals surface area (Å²) in [5, 5.41) is 9.52. The smallest absolute Gasteiger partial charge is 0.338 e. The van der Waals surface area contributed by atoms with Crippen LogP contribution in [0.15, 0.2) is 0 Å². The number of rotatable bonds is 0. The van der Waals surface area contributed by atoms with E-state index in [1.54, 1.807) is 13.8 Å². The SMILES string of the molecule is CC1(C)COC(=O)[C@@]1(C)O. The summed E-state index contributed by atoms with van der Waals surface area (Å²) in [5.74, 6) is -0.516. The summed E-state index contributed by atoms with van der Waals surface area (Å²) >= 11 is 0. The first-order valence-corrected chi connectivity index (χ1v) is 3.27. The van der Waals surface area contributed by atoms with Crippen LogP contribution in [0.4, 0.5) is 0 Å². The molecule has 0 aromatic rings. The zero-order valence-corrected chi connectivity index (χ0v) is 6.47. The molecule has 3 nitrogen and oxygen atoms in total. The number of hydrogen-bond acceptors (Lipinski definition) is 3. The number of ether oxygens (including phenoxy) is 1. The van der Waals surface area contributed by atoms with Gasteiger partial charge in [-0.25, -0.2) is 4.79 Å². The zero-order chi connectivity index (χ0) is 7.99. The highest BCUT2D eigenvalue weighted by molar-refractivity contribution is 5.81. The molecule has 0 aliphatic carbocycles. The van der Waals surface area contributed by atoms with Gasteiger partial charge in [0.2, 0.25) is 0 Å². The maximum Gasteiger partial charge on any atom is 0.338 e. The molecule has 0 amide bonds. The number of cyclic esters (lactones) is 1. The van der Waals surface area contributed by atoms with Crippen molar-refractivity contribution in [2.24, 2.45) is 5.41 Å². The van der Waals surface area contributed by atoms with Gasteiger partial charge in [-0.3, -0.25) is 0 Å². The second-order valence-electron chi connectivity index (χ2n) is 3.53. The molecule has 0 bridgehead atoms. The van der Waals surface area contributed by atoms with Crippen molar-refractivity contribution in [1.29, 1.82) is 0 Å². The van der Waals surface area contributed by atoms with Gasteiger partial charge in [0.15, 0.2) is 5.60 Å². The number of carbonyl (C=O) groups is 1. The lowest BCUT2D eigenvalue weighted by molar-refractivity contribution is -0.154. The van der Waals surface area contributed by atoms with Crippen molar-refractivity contribution >= 4 is 5.97 Å². The lowest BCUT2D eigenvalue weighted by atomic mass is 9.79. The van der Waals surface area contributed by atoms with Gasteiger partial charge in [0.25, 0.3) is 0 Å². The topological polar surface area (TPSA) is 46.5 Å². The maximum atomic E-state index is 10.8. The highest BCUT2D eigenvalue weighted by Crippen LogP contribution is 2.37. The highest BCUT2D eigenvalue weighted by Gasteiger charge is 2.53. The molecule has 1 saturated heterocycles. The summed E-state index contributed by atoms with van der Waals surface area (Å²) in [6.45, 7) is 5.40. The minimum atomic E-state index is -1.31. The Labute approximate surface area is 60.0 Å². The molecule has 0 aromatic heterocycles. The molecule has 0 unspecified atom stereocenters. The van der Waals surface area contributed by atoms with Crippen LogP contribution >= 0.6 is 0 Å². The molecule has 0 spiro atoms. The summed E-state index contributed by atoms with van der Waals surface area (Å²) in [4.78, 5) is 10.8. The van der Waals surface area contributed by atoms with E-state index in [4.69, 9.17) is 4.74 Å². The maximum absolute atomic E-state index is 10.8. The van der Waals surface area contributed by atoms with Crippen molar-refractivity contribution in [3.8, 4) is 0 Å². The van der Waals surface area contributed by atoms with Crippen LogP contribution in [-0.4, -0.2) is 23.3 Å². The van der Waals surface area contributed by atoms with Gasteiger partial charge in [-0.15, -0.1) is 0 Å². The molecule has 10 heavy (non-hydrogen) atoms. The monoisotopic (exact) mass is 144 g/mol. The van der Waals surface area contributed by atoms with E-state index in [0.29, 0.717) is 6.61 Å². The first kappa shape index (κ1) is 7.54. The van der Waals surface area contributed by atoms with Crippen LogP contribution in [0.3, 0.4) is 0 Å². The quantitative estimate of drug-likeness (QED) is 0.498. The molecular formula is C7H12O3. The van der Waals surface area contributed by atoms with Crippen LogP contribution in [0.5, 0.6) is 0 Å². The van der Waals surface area contributed by atoms with Gasteiger partial charge in [0, 0.05) is 5.41 Å². The molecule has 1 atom stereocenters. The van der Waals surface area contributed by atoms with E-state index < -0.39 is 17.0 Å². The van der Waals surface area contributed by atoms with E-state index in [0.717, 1.165) is 0 Å². The summed E-state index contributed by atoms with van der Waals surface area (Å²) in [6, 6.07) is 0. The van der Waals surface area contributed by atoms with Crippen molar-refractivity contribution in [1.82, 2.24) is 0 Å². The average Bonchev–Trinajstić information content (AvgIpc) is 1.94. The van der Waals surface area contributed by atoms with Gasteiger partial charge in [-0.2, -0.15) is 0 Å². The molecule has 1 fully saturated rings. The standard InChI is InChI=1S/C7H12O3/c1-6(2)4-10-5(8)7(6,3)9/h9H,4H2,1-3H3/t7-/m1/s1. The number of esters is 1. The van der Waals surface area contributed by atoms with E-state index in [-0.39, 0.29) is 0 Å². The molecule has 1 heterocycles. The summed E-state index contributed by atoms with van der Waals surface area (Å²) in [5.41, 5.74) is -1.77. The largest absolute Gasteiger partial charge is 0.463 e. The Morgan fingerprint density at radius 1 is 1.50 bits per heavy atom. The predicted octanol–water partition coefficient (Wildman–Crippen LogP) is 0.320. The van der Waals surface area contributed by atoms with Crippen molar-refractivity contribution < 1.29 is 14.6 Å². The number of carbonyl (C=O) groups excluding carboxylic acids is 1. The van der Waals surface area contributed by atoms with Gasteiger partial charge < -0.3 is 9.84 Å². The molecule has 1 aliphatic rings. The Bertz CT molecular complexity index is 170. The van der Waals surface area contributed by atoms with E-state index in [2.05, 4.69) is 0 Å². The zero-order valence-electron chi connectivity index (χ0n) is 6.47. The van der Waals surface area contributed by atoms with Crippen molar-refractivity contribution in [3.05, 3.63) is 0 Å². The first-order chi connectivity index (χ1) is 4.38. The van der Waals surface area contributed by atoms with Crippen LogP contribution in [0.1, 0.15) is 20.8 Å². The van der Waals surface area contributed by atoms with E-state index in [9.17, 15) is 9.90 Å². The number of hydrogen-bond donors (Lipinski definition) is 1. The van der Waals surface area contributed by atoms with E-state index in [1.165, 1.54) is 6.92 Å². The Morgan fingerprint density at radius 2 is 2.00 bits per heavy atom. The van der Waals surface area contributed by atoms with Gasteiger partial charge >= 0.3 is 5.97 Å². The van der Waals surface area contributed by atoms with Crippen LogP contribution in [0.25, 0.3) is 0 Å². The fourth-order valence-electron chi connectivity index (χ4n) is 0.803. The van der Waals surface area contributed by atoms with E-state index >= 15 is 0 Å². The van der Waals surface area contributed by atoms with Gasteiger partial charge in [0.05, 0.1) is 6.61 Å². The second-order valence-corrected chi connectivity index (χ2v) is 3.53. The molecule has 1 aliphatic heterocycles. The Hall–Kier alpha value is -0.570. The Morgan fingerprint density at radius 3 is 2.10 bits per heavy atom. The lowest BCUT2D eigenvalue weighted by Crippen LogP contribution is -2.43. The molecular weight excluding hydrogens is 132 g/mol. The normalized spacial score (nSPS) is 37.8. The summed E-state index contributed by atoms with van der Waals surface area (Å²) < 4.78 is 4.69. The first-order valence-electron chi connectivity index (χ1n) is 3.27. The molecule has 3 heteroatoms. The predicted molar refractivity (Wildman–Crippen MR) is 35.4 cm³/mol. The van der Waals surface area contributed by atoms with Gasteiger partial charge in [0.1, 0.15) is 0 Å². The second kappa shape index (κ2) is 1.72. The fraction of sp³-hybridized carbons (Fsp3) is 0.857. The summed E-state index contributed by atoms with van der Waals surface area (Å²) in [6.07, 6.45) is 0. The Balaban J connectivity index is 2.95. The number of aliphatic hydroxyl groups is 1. The lowest BCUT2D eigenvalue weighted by Gasteiger charge is -2.26. The molecule has 0 aromatic carbocycles. The van der Waals surface area contributed by atoms with Gasteiger partial charge in [-0.05, 0) is 6.92 Å². The minimum absolute atomic E-state index is 0.304. The van der Waals surface area contributed by atoms with Crippen LogP contribution in [-0.2, 0) is 9.53 Å². The molecule has 0 saturated carbocycles. The molecule has 0 radical (unpaired) electrons. The molecule has 1 N–H and O–H groups in total. The van der Waals surface area contributed by atoms with Crippen molar-refractivity contribution in [3.63, 3.8) is 0 Å².